The van der Waals surface area contributed by atoms with Gasteiger partial charge < -0.3 is 14.3 Å². The lowest BCUT2D eigenvalue weighted by molar-refractivity contribution is -0.137. The average molecular weight is 549 g/mol. The van der Waals surface area contributed by atoms with E-state index in [0.717, 1.165) is 35.5 Å². The van der Waals surface area contributed by atoms with Crippen molar-refractivity contribution < 1.29 is 17.7 Å². The number of sulfonamides is 1. The van der Waals surface area contributed by atoms with Crippen LogP contribution in [0.5, 0.6) is 0 Å². The van der Waals surface area contributed by atoms with E-state index in [2.05, 4.69) is 22.2 Å². The van der Waals surface area contributed by atoms with Gasteiger partial charge in [0, 0.05) is 45.0 Å². The molecule has 0 radical (unpaired) electrons. The molecule has 3 heterocycles. The van der Waals surface area contributed by atoms with Crippen LogP contribution < -0.4 is 4.90 Å². The maximum absolute atomic E-state index is 13.8. The van der Waals surface area contributed by atoms with E-state index in [4.69, 9.17) is 4.52 Å². The highest BCUT2D eigenvalue weighted by Gasteiger charge is 2.38. The summed E-state index contributed by atoms with van der Waals surface area (Å²) in [7, 11) is -3.90. The summed E-state index contributed by atoms with van der Waals surface area (Å²) in [6.07, 6.45) is 4.86. The van der Waals surface area contributed by atoms with Gasteiger partial charge in [0.05, 0.1) is 5.92 Å². The lowest BCUT2D eigenvalue weighted by Crippen LogP contribution is -2.53. The zero-order valence-corrected chi connectivity index (χ0v) is 23.7. The van der Waals surface area contributed by atoms with Crippen molar-refractivity contribution in [3.8, 4) is 0 Å². The van der Waals surface area contributed by atoms with Gasteiger partial charge >= 0.3 is 0 Å². The minimum absolute atomic E-state index is 0.0414. The Labute approximate surface area is 230 Å². The van der Waals surface area contributed by atoms with E-state index in [1.165, 1.54) is 4.31 Å². The van der Waals surface area contributed by atoms with Gasteiger partial charge in [0.25, 0.3) is 0 Å². The normalized spacial score (nSPS) is 19.1. The fraction of sp³-hybridized carbons (Fsp3) is 0.400. The summed E-state index contributed by atoms with van der Waals surface area (Å²) in [5.41, 5.74) is 4.67. The highest BCUT2D eigenvalue weighted by Crippen LogP contribution is 2.30. The molecule has 0 spiro atoms. The first-order chi connectivity index (χ1) is 18.7. The Morgan fingerprint density at radius 3 is 2.46 bits per heavy atom. The van der Waals surface area contributed by atoms with Gasteiger partial charge in [-0.05, 0) is 62.9 Å². The summed E-state index contributed by atoms with van der Waals surface area (Å²) >= 11 is 0. The molecule has 3 aromatic rings. The molecule has 0 aliphatic carbocycles. The first-order valence-electron chi connectivity index (χ1n) is 13.5. The van der Waals surface area contributed by atoms with Crippen molar-refractivity contribution in [1.82, 2.24) is 14.4 Å². The zero-order chi connectivity index (χ0) is 27.6. The second kappa shape index (κ2) is 11.4. The molecule has 1 amide bonds. The lowest BCUT2D eigenvalue weighted by atomic mass is 9.97. The third-order valence-electron chi connectivity index (χ3n) is 7.73. The standard InChI is InChI=1S/C30H36N4O4S/c1-22-11-12-23(2)25(20-22)13-14-28-29(24(3)31-38-28)39(36,37)34-15-7-8-26(21-34)30(35)33-18-16-32(17-19-33)27-9-5-4-6-10-27/h4-6,9-14,20,26H,7-8,15-19,21H2,1-3H3/b14-13+/t26-/m1/s1. The average Bonchev–Trinajstić information content (AvgIpc) is 3.34. The number of carbonyl (C=O) groups is 1. The molecule has 2 aromatic carbocycles. The second-order valence-corrected chi connectivity index (χ2v) is 12.4. The Hall–Kier alpha value is -3.43. The Bertz CT molecular complexity index is 1460. The number of aryl methyl sites for hydroxylation is 3. The van der Waals surface area contributed by atoms with Crippen LogP contribution in [-0.4, -0.2) is 68.0 Å². The SMILES string of the molecule is Cc1ccc(C)c(/C=C/c2onc(C)c2S(=O)(=O)N2CCC[C@@H](C(=O)N3CCN(c4ccccc4)CC3)C2)c1. The summed E-state index contributed by atoms with van der Waals surface area (Å²) in [5, 5.41) is 3.98. The fourth-order valence-corrected chi connectivity index (χ4v) is 7.25. The molecule has 2 aliphatic heterocycles. The first kappa shape index (κ1) is 27.1. The molecule has 2 aliphatic rings. The molecule has 206 valence electrons. The minimum Gasteiger partial charge on any atom is -0.368 e. The number of anilines is 1. The molecule has 0 saturated carbocycles. The first-order valence-corrected chi connectivity index (χ1v) is 15.0. The van der Waals surface area contributed by atoms with Crippen LogP contribution in [0.15, 0.2) is 57.9 Å². The van der Waals surface area contributed by atoms with Crippen molar-refractivity contribution in [2.24, 2.45) is 5.92 Å². The lowest BCUT2D eigenvalue weighted by Gasteiger charge is -2.39. The van der Waals surface area contributed by atoms with Crippen molar-refractivity contribution in [3.63, 3.8) is 0 Å². The van der Waals surface area contributed by atoms with Gasteiger partial charge in [0.15, 0.2) is 10.7 Å². The molecule has 5 rings (SSSR count). The quantitative estimate of drug-likeness (QED) is 0.450. The molecule has 0 unspecified atom stereocenters. The minimum atomic E-state index is -3.90. The van der Waals surface area contributed by atoms with E-state index in [1.807, 2.05) is 61.2 Å². The third kappa shape index (κ3) is 5.79. The number of benzene rings is 2. The van der Waals surface area contributed by atoms with Gasteiger partial charge in [-0.3, -0.25) is 4.79 Å². The highest BCUT2D eigenvalue weighted by molar-refractivity contribution is 7.89. The highest BCUT2D eigenvalue weighted by atomic mass is 32.2. The van der Waals surface area contributed by atoms with Crippen LogP contribution in [0.4, 0.5) is 5.69 Å². The van der Waals surface area contributed by atoms with Gasteiger partial charge in [-0.2, -0.15) is 4.31 Å². The molecular formula is C30H36N4O4S. The fourth-order valence-electron chi connectivity index (χ4n) is 5.48. The van der Waals surface area contributed by atoms with Crippen molar-refractivity contribution in [2.45, 2.75) is 38.5 Å². The molecule has 8 nitrogen and oxygen atoms in total. The van der Waals surface area contributed by atoms with E-state index in [1.54, 1.807) is 13.0 Å². The van der Waals surface area contributed by atoms with Crippen LogP contribution in [0.1, 0.15) is 41.0 Å². The van der Waals surface area contributed by atoms with Crippen molar-refractivity contribution in [1.29, 1.82) is 0 Å². The number of piperidine rings is 1. The Morgan fingerprint density at radius 2 is 1.72 bits per heavy atom. The molecule has 2 saturated heterocycles. The summed E-state index contributed by atoms with van der Waals surface area (Å²) in [5.74, 6) is -0.107. The molecular weight excluding hydrogens is 512 g/mol. The van der Waals surface area contributed by atoms with E-state index in [0.29, 0.717) is 38.2 Å². The molecule has 1 atom stereocenters. The van der Waals surface area contributed by atoms with Crippen LogP contribution in [0, 0.1) is 26.7 Å². The third-order valence-corrected chi connectivity index (χ3v) is 9.75. The molecule has 2 fully saturated rings. The van der Waals surface area contributed by atoms with Crippen molar-refractivity contribution >= 4 is 33.8 Å². The van der Waals surface area contributed by atoms with Gasteiger partial charge in [0.1, 0.15) is 5.69 Å². The maximum atomic E-state index is 13.8. The predicted octanol–water partition coefficient (Wildman–Crippen LogP) is 4.52. The molecule has 39 heavy (non-hydrogen) atoms. The number of rotatable bonds is 6. The van der Waals surface area contributed by atoms with Crippen LogP contribution in [0.2, 0.25) is 0 Å². The van der Waals surface area contributed by atoms with Gasteiger partial charge in [0.2, 0.25) is 15.9 Å². The summed E-state index contributed by atoms with van der Waals surface area (Å²) in [4.78, 5) is 17.7. The molecule has 9 heteroatoms. The van der Waals surface area contributed by atoms with Gasteiger partial charge in [-0.25, -0.2) is 8.42 Å². The van der Waals surface area contributed by atoms with Gasteiger partial charge in [-0.15, -0.1) is 0 Å². The Morgan fingerprint density at radius 1 is 0.974 bits per heavy atom. The monoisotopic (exact) mass is 548 g/mol. The summed E-state index contributed by atoms with van der Waals surface area (Å²) in [6, 6.07) is 16.3. The van der Waals surface area contributed by atoms with E-state index < -0.39 is 10.0 Å². The van der Waals surface area contributed by atoms with Crippen LogP contribution in [-0.2, 0) is 14.8 Å². The number of nitrogens with zero attached hydrogens (tertiary/aromatic N) is 4. The smallest absolute Gasteiger partial charge is 0.248 e. The maximum Gasteiger partial charge on any atom is 0.248 e. The number of hydrogen-bond donors (Lipinski definition) is 0. The number of amides is 1. The Kier molecular flexibility index (Phi) is 7.91. The molecule has 1 aromatic heterocycles. The Balaban J connectivity index is 1.29. The largest absolute Gasteiger partial charge is 0.368 e. The topological polar surface area (TPSA) is 87.0 Å². The number of aromatic nitrogens is 1. The van der Waals surface area contributed by atoms with E-state index in [9.17, 15) is 13.2 Å². The number of hydrogen-bond acceptors (Lipinski definition) is 6. The zero-order valence-electron chi connectivity index (χ0n) is 22.8. The summed E-state index contributed by atoms with van der Waals surface area (Å²) in [6.45, 7) is 9.01. The number of para-hydroxylation sites is 1. The summed E-state index contributed by atoms with van der Waals surface area (Å²) < 4.78 is 34.6. The van der Waals surface area contributed by atoms with Crippen LogP contribution in [0.25, 0.3) is 12.2 Å². The van der Waals surface area contributed by atoms with Crippen molar-refractivity contribution in [2.75, 3.05) is 44.2 Å². The predicted molar refractivity (Wildman–Crippen MR) is 153 cm³/mol. The molecule has 0 bridgehead atoms. The second-order valence-electron chi connectivity index (χ2n) is 10.5. The van der Waals surface area contributed by atoms with E-state index >= 15 is 0 Å². The van der Waals surface area contributed by atoms with E-state index in [-0.39, 0.29) is 29.0 Å². The van der Waals surface area contributed by atoms with Gasteiger partial charge in [-0.1, -0.05) is 53.2 Å². The number of piperazine rings is 1. The molecule has 0 N–H and O–H groups in total. The van der Waals surface area contributed by atoms with Crippen LogP contribution >= 0.6 is 0 Å². The van der Waals surface area contributed by atoms with Crippen molar-refractivity contribution in [3.05, 3.63) is 76.7 Å². The van der Waals surface area contributed by atoms with Crippen LogP contribution in [0.3, 0.4) is 0 Å². The number of carbonyl (C=O) groups excluding carboxylic acids is 1.